The monoisotopic (exact) mass is 446 g/mol. The molecular formula is C26H30N4OS. The van der Waals surface area contributed by atoms with Crippen LogP contribution in [0.3, 0.4) is 0 Å². The van der Waals surface area contributed by atoms with Crippen molar-refractivity contribution >= 4 is 39.9 Å². The maximum Gasteiger partial charge on any atom is 0.227 e. The first kappa shape index (κ1) is 21.3. The molecule has 3 aromatic rings. The predicted octanol–water partition coefficient (Wildman–Crippen LogP) is 4.67. The van der Waals surface area contributed by atoms with Crippen molar-refractivity contribution < 1.29 is 4.79 Å². The van der Waals surface area contributed by atoms with Crippen molar-refractivity contribution in [1.82, 2.24) is 9.88 Å². The highest BCUT2D eigenvalue weighted by Crippen LogP contribution is 2.34. The van der Waals surface area contributed by atoms with Gasteiger partial charge in [0.1, 0.15) is 5.82 Å². The maximum absolute atomic E-state index is 12.6. The third-order valence-electron chi connectivity index (χ3n) is 6.46. The van der Waals surface area contributed by atoms with Gasteiger partial charge in [-0.2, -0.15) is 0 Å². The molecule has 0 saturated carbocycles. The van der Waals surface area contributed by atoms with Crippen LogP contribution in [0.4, 0.5) is 11.5 Å². The van der Waals surface area contributed by atoms with Crippen molar-refractivity contribution in [3.63, 3.8) is 0 Å². The van der Waals surface area contributed by atoms with Gasteiger partial charge in [-0.3, -0.25) is 9.69 Å². The summed E-state index contributed by atoms with van der Waals surface area (Å²) in [6.45, 7) is 6.05. The van der Waals surface area contributed by atoms with Crippen LogP contribution in [-0.4, -0.2) is 60.8 Å². The number of amides is 1. The summed E-state index contributed by atoms with van der Waals surface area (Å²) in [6.07, 6.45) is 4.70. The number of hydrogen-bond acceptors (Lipinski definition) is 5. The van der Waals surface area contributed by atoms with E-state index in [0.717, 1.165) is 69.4 Å². The molecule has 1 saturated heterocycles. The Morgan fingerprint density at radius 3 is 2.56 bits per heavy atom. The number of nitrogens with zero attached hydrogens (tertiary/aromatic N) is 4. The van der Waals surface area contributed by atoms with Crippen LogP contribution in [0.25, 0.3) is 10.8 Å². The molecule has 166 valence electrons. The van der Waals surface area contributed by atoms with Crippen molar-refractivity contribution in [2.24, 2.45) is 0 Å². The number of hydrogen-bond donors (Lipinski definition) is 0. The molecule has 0 atom stereocenters. The second-order valence-corrected chi connectivity index (χ2v) is 9.64. The molecule has 5 rings (SSSR count). The Morgan fingerprint density at radius 2 is 1.66 bits per heavy atom. The van der Waals surface area contributed by atoms with Crippen molar-refractivity contribution in [3.05, 3.63) is 60.8 Å². The number of aromatic nitrogens is 1. The Balaban J connectivity index is 1.12. The van der Waals surface area contributed by atoms with E-state index in [-0.39, 0.29) is 5.91 Å². The molecule has 32 heavy (non-hydrogen) atoms. The van der Waals surface area contributed by atoms with E-state index in [0.29, 0.717) is 6.42 Å². The molecule has 2 aliphatic heterocycles. The van der Waals surface area contributed by atoms with Crippen LogP contribution in [0.15, 0.2) is 65.7 Å². The van der Waals surface area contributed by atoms with E-state index in [1.807, 2.05) is 17.2 Å². The van der Waals surface area contributed by atoms with Crippen molar-refractivity contribution in [2.75, 3.05) is 54.8 Å². The van der Waals surface area contributed by atoms with Gasteiger partial charge in [0.2, 0.25) is 5.91 Å². The lowest BCUT2D eigenvalue weighted by atomic mass is 10.1. The fourth-order valence-corrected chi connectivity index (χ4v) is 5.71. The van der Waals surface area contributed by atoms with Gasteiger partial charge in [-0.1, -0.05) is 36.4 Å². The topological polar surface area (TPSA) is 39.7 Å². The highest BCUT2D eigenvalue weighted by atomic mass is 32.2. The molecule has 1 fully saturated rings. The molecule has 0 aliphatic carbocycles. The lowest BCUT2D eigenvalue weighted by Crippen LogP contribution is -2.47. The fraction of sp³-hybridized carbons (Fsp3) is 0.385. The molecular weight excluding hydrogens is 416 g/mol. The quantitative estimate of drug-likeness (QED) is 0.515. The van der Waals surface area contributed by atoms with E-state index in [9.17, 15) is 4.79 Å². The molecule has 2 aromatic carbocycles. The van der Waals surface area contributed by atoms with Gasteiger partial charge in [-0.15, -0.1) is 11.8 Å². The van der Waals surface area contributed by atoms with Crippen LogP contribution >= 0.6 is 11.8 Å². The van der Waals surface area contributed by atoms with Gasteiger partial charge in [-0.05, 0) is 43.0 Å². The SMILES string of the molecule is O=C1CCSc2ccccc2N1CCCCN1CCN(c2nccc3ccccc23)CC1. The van der Waals surface area contributed by atoms with E-state index in [1.165, 1.54) is 15.7 Å². The van der Waals surface area contributed by atoms with E-state index in [2.05, 4.69) is 63.3 Å². The summed E-state index contributed by atoms with van der Waals surface area (Å²) in [5.74, 6) is 2.25. The molecule has 0 radical (unpaired) electrons. The molecule has 3 heterocycles. The molecule has 1 amide bonds. The summed E-state index contributed by atoms with van der Waals surface area (Å²) >= 11 is 1.80. The molecule has 5 nitrogen and oxygen atoms in total. The van der Waals surface area contributed by atoms with Crippen LogP contribution in [0, 0.1) is 0 Å². The first-order chi connectivity index (χ1) is 15.8. The zero-order valence-corrected chi connectivity index (χ0v) is 19.3. The van der Waals surface area contributed by atoms with Crippen LogP contribution in [-0.2, 0) is 4.79 Å². The number of para-hydroxylation sites is 1. The number of piperazine rings is 1. The Labute approximate surface area is 194 Å². The summed E-state index contributed by atoms with van der Waals surface area (Å²) in [7, 11) is 0. The average molecular weight is 447 g/mol. The number of fused-ring (bicyclic) bond motifs is 2. The summed E-state index contributed by atoms with van der Waals surface area (Å²) in [5.41, 5.74) is 1.09. The lowest BCUT2D eigenvalue weighted by Gasteiger charge is -2.36. The second-order valence-electron chi connectivity index (χ2n) is 8.50. The zero-order chi connectivity index (χ0) is 21.8. The van der Waals surface area contributed by atoms with Crippen LogP contribution in [0.5, 0.6) is 0 Å². The van der Waals surface area contributed by atoms with E-state index >= 15 is 0 Å². The maximum atomic E-state index is 12.6. The zero-order valence-electron chi connectivity index (χ0n) is 18.4. The van der Waals surface area contributed by atoms with Crippen molar-refractivity contribution in [2.45, 2.75) is 24.2 Å². The second kappa shape index (κ2) is 9.92. The Kier molecular flexibility index (Phi) is 6.60. The number of rotatable bonds is 6. The Bertz CT molecular complexity index is 1070. The number of unbranched alkanes of at least 4 members (excludes halogenated alkanes) is 1. The highest BCUT2D eigenvalue weighted by molar-refractivity contribution is 7.99. The third kappa shape index (κ3) is 4.62. The minimum atomic E-state index is 0.263. The highest BCUT2D eigenvalue weighted by Gasteiger charge is 2.22. The molecule has 1 aromatic heterocycles. The lowest BCUT2D eigenvalue weighted by molar-refractivity contribution is -0.118. The number of pyridine rings is 1. The van der Waals surface area contributed by atoms with Gasteiger partial charge in [0.25, 0.3) is 0 Å². The first-order valence-corrected chi connectivity index (χ1v) is 12.6. The summed E-state index contributed by atoms with van der Waals surface area (Å²) in [4.78, 5) is 25.5. The van der Waals surface area contributed by atoms with E-state index in [1.54, 1.807) is 11.8 Å². The standard InChI is InChI=1S/C26H30N4OS/c31-25-12-20-32-24-10-4-3-9-23(24)30(25)15-6-5-14-28-16-18-29(19-17-28)26-22-8-2-1-7-21(22)11-13-27-26/h1-4,7-11,13H,5-6,12,14-20H2. The van der Waals surface area contributed by atoms with Crippen molar-refractivity contribution in [3.8, 4) is 0 Å². The number of carbonyl (C=O) groups excluding carboxylic acids is 1. The van der Waals surface area contributed by atoms with Crippen LogP contribution < -0.4 is 9.80 Å². The number of carbonyl (C=O) groups is 1. The summed E-state index contributed by atoms with van der Waals surface area (Å²) < 4.78 is 0. The van der Waals surface area contributed by atoms with Gasteiger partial charge in [0.15, 0.2) is 0 Å². The van der Waals surface area contributed by atoms with Crippen molar-refractivity contribution in [1.29, 1.82) is 0 Å². The van der Waals surface area contributed by atoms with Crippen LogP contribution in [0.2, 0.25) is 0 Å². The minimum absolute atomic E-state index is 0.263. The number of thioether (sulfide) groups is 1. The molecule has 6 heteroatoms. The third-order valence-corrected chi connectivity index (χ3v) is 7.53. The van der Waals surface area contributed by atoms with E-state index in [4.69, 9.17) is 0 Å². The average Bonchev–Trinajstić information content (AvgIpc) is 3.00. The molecule has 0 unspecified atom stereocenters. The molecule has 0 spiro atoms. The normalized spacial score (nSPS) is 17.4. The largest absolute Gasteiger partial charge is 0.354 e. The first-order valence-electron chi connectivity index (χ1n) is 11.6. The summed E-state index contributed by atoms with van der Waals surface area (Å²) in [5, 5.41) is 2.49. The predicted molar refractivity (Wildman–Crippen MR) is 134 cm³/mol. The van der Waals surface area contributed by atoms with Crippen LogP contribution in [0.1, 0.15) is 19.3 Å². The van der Waals surface area contributed by atoms with Gasteiger partial charge in [0, 0.05) is 61.4 Å². The molecule has 2 aliphatic rings. The Morgan fingerprint density at radius 1 is 0.875 bits per heavy atom. The van der Waals surface area contributed by atoms with Gasteiger partial charge < -0.3 is 9.80 Å². The number of benzene rings is 2. The smallest absolute Gasteiger partial charge is 0.227 e. The van der Waals surface area contributed by atoms with Gasteiger partial charge in [-0.25, -0.2) is 4.98 Å². The Hall–Kier alpha value is -2.57. The molecule has 0 N–H and O–H groups in total. The minimum Gasteiger partial charge on any atom is -0.354 e. The van der Waals surface area contributed by atoms with E-state index < -0.39 is 0 Å². The summed E-state index contributed by atoms with van der Waals surface area (Å²) in [6, 6.07) is 18.9. The fourth-order valence-electron chi connectivity index (χ4n) is 4.71. The van der Waals surface area contributed by atoms with Gasteiger partial charge >= 0.3 is 0 Å². The molecule has 0 bridgehead atoms. The number of anilines is 2. The van der Waals surface area contributed by atoms with Gasteiger partial charge in [0.05, 0.1) is 5.69 Å².